The van der Waals surface area contributed by atoms with Crippen LogP contribution >= 0.6 is 11.8 Å². The van der Waals surface area contributed by atoms with Crippen molar-refractivity contribution in [1.82, 2.24) is 25.1 Å². The third-order valence-electron chi connectivity index (χ3n) is 4.78. The van der Waals surface area contributed by atoms with E-state index in [4.69, 9.17) is 4.74 Å². The van der Waals surface area contributed by atoms with E-state index in [9.17, 15) is 4.79 Å². The van der Waals surface area contributed by atoms with Crippen molar-refractivity contribution in [2.45, 2.75) is 32.5 Å². The highest BCUT2D eigenvalue weighted by Gasteiger charge is 2.13. The van der Waals surface area contributed by atoms with Gasteiger partial charge in [0.1, 0.15) is 5.82 Å². The van der Waals surface area contributed by atoms with Crippen LogP contribution in [0.15, 0.2) is 29.6 Å². The number of hydrogen-bond donors (Lipinski definition) is 2. The summed E-state index contributed by atoms with van der Waals surface area (Å²) in [6.07, 6.45) is 3.70. The van der Waals surface area contributed by atoms with Crippen LogP contribution in [0.4, 0.5) is 5.82 Å². The largest absolute Gasteiger partial charge is 0.380 e. The fourth-order valence-electron chi connectivity index (χ4n) is 2.97. The van der Waals surface area contributed by atoms with Crippen molar-refractivity contribution in [3.63, 3.8) is 0 Å². The summed E-state index contributed by atoms with van der Waals surface area (Å²) in [6.45, 7) is 8.92. The molecule has 1 amide bonds. The van der Waals surface area contributed by atoms with Gasteiger partial charge < -0.3 is 15.4 Å². The lowest BCUT2D eigenvalue weighted by atomic mass is 10.1. The van der Waals surface area contributed by atoms with Crippen LogP contribution in [0.1, 0.15) is 28.4 Å². The van der Waals surface area contributed by atoms with Gasteiger partial charge in [-0.3, -0.25) is 4.79 Å². The molecular weight excluding hydrogens is 400 g/mol. The third-order valence-corrected chi connectivity index (χ3v) is 5.33. The lowest BCUT2D eigenvalue weighted by Gasteiger charge is -2.10. The zero-order valence-corrected chi connectivity index (χ0v) is 18.7. The maximum Gasteiger partial charge on any atom is 0.251 e. The molecular formula is C21H28N6O2S. The monoisotopic (exact) mass is 428 g/mol. The van der Waals surface area contributed by atoms with Crippen LogP contribution < -0.4 is 10.6 Å². The van der Waals surface area contributed by atoms with Crippen LogP contribution in [-0.2, 0) is 11.3 Å². The van der Waals surface area contributed by atoms with Gasteiger partial charge in [-0.1, -0.05) is 17.8 Å². The molecule has 0 bridgehead atoms. The molecule has 3 aromatic rings. The summed E-state index contributed by atoms with van der Waals surface area (Å²) >= 11 is 1.48. The van der Waals surface area contributed by atoms with E-state index in [0.29, 0.717) is 43.6 Å². The number of benzene rings is 1. The quantitative estimate of drug-likeness (QED) is 0.291. The molecule has 0 unspecified atom stereocenters. The Kier molecular flexibility index (Phi) is 7.64. The Morgan fingerprint density at radius 3 is 2.77 bits per heavy atom. The molecule has 0 fully saturated rings. The summed E-state index contributed by atoms with van der Waals surface area (Å²) < 4.78 is 7.18. The predicted octanol–water partition coefficient (Wildman–Crippen LogP) is 3.04. The van der Waals surface area contributed by atoms with E-state index in [1.807, 2.05) is 45.2 Å². The minimum absolute atomic E-state index is 0.0905. The topological polar surface area (TPSA) is 94.0 Å². The fraction of sp³-hybridized carbons (Fsp3) is 0.429. The minimum Gasteiger partial charge on any atom is -0.380 e. The number of thioether (sulfide) groups is 1. The third kappa shape index (κ3) is 5.28. The Labute approximate surface area is 180 Å². The second kappa shape index (κ2) is 10.4. The van der Waals surface area contributed by atoms with Crippen LogP contribution in [0, 0.1) is 13.8 Å². The molecule has 2 N–H and O–H groups in total. The molecule has 160 valence electrons. The molecule has 9 heteroatoms. The average Bonchev–Trinajstić information content (AvgIpc) is 3.16. The van der Waals surface area contributed by atoms with Gasteiger partial charge in [0.15, 0.2) is 10.8 Å². The highest BCUT2D eigenvalue weighted by molar-refractivity contribution is 7.98. The summed E-state index contributed by atoms with van der Waals surface area (Å²) in [5.74, 6) is 0.654. The van der Waals surface area contributed by atoms with Crippen LogP contribution in [0.3, 0.4) is 0 Å². The highest BCUT2D eigenvalue weighted by Crippen LogP contribution is 2.23. The van der Waals surface area contributed by atoms with Crippen LogP contribution in [0.5, 0.6) is 0 Å². The van der Waals surface area contributed by atoms with Gasteiger partial charge in [0.2, 0.25) is 0 Å². The number of anilines is 1. The van der Waals surface area contributed by atoms with E-state index in [2.05, 4.69) is 25.7 Å². The van der Waals surface area contributed by atoms with Crippen molar-refractivity contribution >= 4 is 34.5 Å². The first-order valence-electron chi connectivity index (χ1n) is 9.98. The number of hydrogen-bond acceptors (Lipinski definition) is 7. The Morgan fingerprint density at radius 1 is 1.20 bits per heavy atom. The van der Waals surface area contributed by atoms with E-state index in [0.717, 1.165) is 22.4 Å². The first kappa shape index (κ1) is 22.0. The van der Waals surface area contributed by atoms with Gasteiger partial charge in [-0.05, 0) is 50.3 Å². The minimum atomic E-state index is -0.0905. The number of carbonyl (C=O) groups is 1. The average molecular weight is 429 g/mol. The van der Waals surface area contributed by atoms with E-state index in [1.165, 1.54) is 17.3 Å². The van der Waals surface area contributed by atoms with Crippen LogP contribution in [-0.4, -0.2) is 58.2 Å². The van der Waals surface area contributed by atoms with Gasteiger partial charge in [0, 0.05) is 25.3 Å². The number of carbonyl (C=O) groups excluding carboxylic acids is 1. The molecule has 0 aliphatic heterocycles. The number of fused-ring (bicyclic) bond motifs is 1. The SMILES string of the molecule is CCOCCNc1nc(SC)nc2c1cnn2CCNC(=O)c1ccc(C)c(C)c1. The molecule has 30 heavy (non-hydrogen) atoms. The first-order chi connectivity index (χ1) is 14.5. The smallest absolute Gasteiger partial charge is 0.251 e. The first-order valence-corrected chi connectivity index (χ1v) is 11.2. The van der Waals surface area contributed by atoms with E-state index < -0.39 is 0 Å². The zero-order valence-electron chi connectivity index (χ0n) is 17.9. The maximum absolute atomic E-state index is 12.4. The molecule has 1 aromatic carbocycles. The molecule has 0 saturated carbocycles. The number of nitrogens with zero attached hydrogens (tertiary/aromatic N) is 4. The number of aromatic nitrogens is 4. The van der Waals surface area contributed by atoms with Crippen molar-refractivity contribution in [3.8, 4) is 0 Å². The van der Waals surface area contributed by atoms with Gasteiger partial charge in [-0.25, -0.2) is 14.6 Å². The van der Waals surface area contributed by atoms with E-state index in [1.54, 1.807) is 10.9 Å². The van der Waals surface area contributed by atoms with Gasteiger partial charge in [-0.15, -0.1) is 0 Å². The second-order valence-corrected chi connectivity index (χ2v) is 7.62. The maximum atomic E-state index is 12.4. The van der Waals surface area contributed by atoms with Crippen molar-refractivity contribution < 1.29 is 9.53 Å². The molecule has 2 heterocycles. The predicted molar refractivity (Wildman–Crippen MR) is 120 cm³/mol. The lowest BCUT2D eigenvalue weighted by molar-refractivity contribution is 0.0952. The van der Waals surface area contributed by atoms with Gasteiger partial charge in [0.25, 0.3) is 5.91 Å². The summed E-state index contributed by atoms with van der Waals surface area (Å²) in [5, 5.41) is 12.2. The zero-order chi connectivity index (χ0) is 21.5. The summed E-state index contributed by atoms with van der Waals surface area (Å²) in [7, 11) is 0. The molecule has 0 saturated heterocycles. The Balaban J connectivity index is 1.68. The lowest BCUT2D eigenvalue weighted by Crippen LogP contribution is -2.27. The Hall–Kier alpha value is -2.65. The molecule has 2 aromatic heterocycles. The molecule has 8 nitrogen and oxygen atoms in total. The number of amides is 1. The Bertz CT molecular complexity index is 1020. The van der Waals surface area contributed by atoms with E-state index in [-0.39, 0.29) is 5.91 Å². The number of rotatable bonds is 10. The van der Waals surface area contributed by atoms with Crippen molar-refractivity contribution in [1.29, 1.82) is 0 Å². The summed E-state index contributed by atoms with van der Waals surface area (Å²) in [6, 6.07) is 5.72. The molecule has 0 aliphatic rings. The Morgan fingerprint density at radius 2 is 2.03 bits per heavy atom. The standard InChI is InChI=1S/C21H28N6O2S/c1-5-29-11-9-22-18-17-13-24-27(19(17)26-21(25-18)30-4)10-8-23-20(28)16-7-6-14(2)15(3)12-16/h6-7,12-13H,5,8-11H2,1-4H3,(H,23,28)(H,22,25,26). The van der Waals surface area contributed by atoms with E-state index >= 15 is 0 Å². The molecule has 0 atom stereocenters. The molecule has 3 rings (SSSR count). The van der Waals surface area contributed by atoms with Gasteiger partial charge in [0.05, 0.1) is 24.7 Å². The molecule has 0 spiro atoms. The van der Waals surface area contributed by atoms with Crippen molar-refractivity contribution in [2.24, 2.45) is 0 Å². The number of aryl methyl sites for hydroxylation is 2. The summed E-state index contributed by atoms with van der Waals surface area (Å²) in [4.78, 5) is 21.6. The summed E-state index contributed by atoms with van der Waals surface area (Å²) in [5.41, 5.74) is 3.68. The van der Waals surface area contributed by atoms with Gasteiger partial charge >= 0.3 is 0 Å². The normalized spacial score (nSPS) is 11.1. The number of nitrogens with one attached hydrogen (secondary N) is 2. The fourth-order valence-corrected chi connectivity index (χ4v) is 3.33. The highest BCUT2D eigenvalue weighted by atomic mass is 32.2. The second-order valence-electron chi connectivity index (χ2n) is 6.84. The van der Waals surface area contributed by atoms with Crippen molar-refractivity contribution in [2.75, 3.05) is 37.9 Å². The van der Waals surface area contributed by atoms with Crippen LogP contribution in [0.25, 0.3) is 11.0 Å². The molecule has 0 aliphatic carbocycles. The van der Waals surface area contributed by atoms with Crippen LogP contribution in [0.2, 0.25) is 0 Å². The van der Waals surface area contributed by atoms with Gasteiger partial charge in [-0.2, -0.15) is 5.10 Å². The number of ether oxygens (including phenoxy) is 1. The van der Waals surface area contributed by atoms with Crippen molar-refractivity contribution in [3.05, 3.63) is 41.1 Å². The molecule has 0 radical (unpaired) electrons.